The number of aromatic nitrogens is 6. The summed E-state index contributed by atoms with van der Waals surface area (Å²) in [6.45, 7) is 0.766. The molecule has 1 amide bonds. The van der Waals surface area contributed by atoms with Crippen LogP contribution < -0.4 is 10.6 Å². The predicted octanol–water partition coefficient (Wildman–Crippen LogP) is 4.55. The lowest BCUT2D eigenvalue weighted by Crippen LogP contribution is -2.32. The molecule has 1 aliphatic carbocycles. The Bertz CT molecular complexity index is 1560. The van der Waals surface area contributed by atoms with E-state index in [9.17, 15) is 18.4 Å². The molecule has 0 spiro atoms. The number of pyridine rings is 1. The fraction of sp³-hybridized carbons (Fsp3) is 0.407. The van der Waals surface area contributed by atoms with Crippen LogP contribution >= 0.6 is 11.3 Å². The maximum Gasteiger partial charge on any atom is 0.324 e. The molecule has 0 unspecified atom stereocenters. The lowest BCUT2D eigenvalue weighted by molar-refractivity contribution is -0.150. The number of nitrogens with zero attached hydrogens (tertiary/aromatic N) is 6. The van der Waals surface area contributed by atoms with Crippen molar-refractivity contribution in [3.63, 3.8) is 0 Å². The molecule has 2 aliphatic rings. The Morgan fingerprint density at radius 2 is 1.93 bits per heavy atom. The molecule has 1 atom stereocenters. The van der Waals surface area contributed by atoms with Crippen molar-refractivity contribution in [3.05, 3.63) is 53.6 Å². The van der Waals surface area contributed by atoms with Gasteiger partial charge < -0.3 is 15.4 Å². The first-order valence-electron chi connectivity index (χ1n) is 13.6. The van der Waals surface area contributed by atoms with Gasteiger partial charge in [0.1, 0.15) is 28.1 Å². The van der Waals surface area contributed by atoms with Crippen molar-refractivity contribution in [2.24, 2.45) is 0 Å². The number of nitrogens with one attached hydrogen (secondary N) is 2. The minimum atomic E-state index is -0.847. The second-order valence-electron chi connectivity index (χ2n) is 10.1. The summed E-state index contributed by atoms with van der Waals surface area (Å²) in [6, 6.07) is 1.74. The molecular formula is C27H28F2N8O3S. The van der Waals surface area contributed by atoms with Gasteiger partial charge in [-0.15, -0.1) is 11.3 Å². The number of carbonyl (C=O) groups is 2. The average Bonchev–Trinajstić information content (AvgIpc) is 3.80. The highest BCUT2D eigenvalue weighted by atomic mass is 32.1. The van der Waals surface area contributed by atoms with Crippen LogP contribution in [0.15, 0.2) is 36.1 Å². The first kappa shape index (κ1) is 27.1. The Balaban J connectivity index is 1.18. The molecule has 0 aromatic carbocycles. The Kier molecular flexibility index (Phi) is 7.83. The second-order valence-corrected chi connectivity index (χ2v) is 11.0. The van der Waals surface area contributed by atoms with Crippen LogP contribution in [0.25, 0.3) is 22.0 Å². The fourth-order valence-electron chi connectivity index (χ4n) is 5.13. The minimum Gasteiger partial charge on any atom is -0.441 e. The van der Waals surface area contributed by atoms with Crippen molar-refractivity contribution in [2.75, 3.05) is 11.9 Å². The first-order valence-corrected chi connectivity index (χ1v) is 14.4. The van der Waals surface area contributed by atoms with Crippen molar-refractivity contribution in [3.8, 4) is 22.0 Å². The molecule has 4 aromatic rings. The summed E-state index contributed by atoms with van der Waals surface area (Å²) in [5.41, 5.74) is 0.797. The van der Waals surface area contributed by atoms with Gasteiger partial charge in [-0.3, -0.25) is 14.3 Å². The van der Waals surface area contributed by atoms with E-state index >= 15 is 0 Å². The van der Waals surface area contributed by atoms with Crippen molar-refractivity contribution in [2.45, 2.75) is 63.8 Å². The highest BCUT2D eigenvalue weighted by molar-refractivity contribution is 7.13. The zero-order valence-electron chi connectivity index (χ0n) is 22.1. The highest BCUT2D eigenvalue weighted by Crippen LogP contribution is 2.34. The van der Waals surface area contributed by atoms with E-state index in [-0.39, 0.29) is 47.6 Å². The SMILES string of the molecule is O=C(Nc1cn(C2CCCCC2)nc1-c1nc(F)ccc1F)c1csc(-c2cnn(COC(=O)[C@@H]3CCCN3)c2)n1. The summed E-state index contributed by atoms with van der Waals surface area (Å²) in [5.74, 6) is -2.43. The molecule has 4 aromatic heterocycles. The molecule has 0 bridgehead atoms. The van der Waals surface area contributed by atoms with Crippen LogP contribution in [-0.4, -0.2) is 54.0 Å². The number of thiazole rings is 1. The number of hydrogen-bond acceptors (Lipinski definition) is 9. The Hall–Kier alpha value is -4.04. The highest BCUT2D eigenvalue weighted by Gasteiger charge is 2.25. The molecule has 2 fully saturated rings. The van der Waals surface area contributed by atoms with Crippen molar-refractivity contribution in [1.29, 1.82) is 0 Å². The van der Waals surface area contributed by atoms with Crippen molar-refractivity contribution in [1.82, 2.24) is 34.8 Å². The number of carbonyl (C=O) groups excluding carboxylic acids is 2. The molecular weight excluding hydrogens is 554 g/mol. The molecule has 2 N–H and O–H groups in total. The van der Waals surface area contributed by atoms with E-state index in [0.717, 1.165) is 63.6 Å². The van der Waals surface area contributed by atoms with E-state index in [0.29, 0.717) is 10.6 Å². The third kappa shape index (κ3) is 6.03. The van der Waals surface area contributed by atoms with E-state index < -0.39 is 17.7 Å². The van der Waals surface area contributed by atoms with E-state index in [1.807, 2.05) is 0 Å². The lowest BCUT2D eigenvalue weighted by Gasteiger charge is -2.21. The van der Waals surface area contributed by atoms with E-state index in [1.165, 1.54) is 16.0 Å². The number of hydrogen-bond donors (Lipinski definition) is 2. The van der Waals surface area contributed by atoms with Gasteiger partial charge in [-0.2, -0.15) is 14.6 Å². The van der Waals surface area contributed by atoms with Crippen LogP contribution in [0.1, 0.15) is 61.5 Å². The molecule has 14 heteroatoms. The molecule has 1 saturated heterocycles. The summed E-state index contributed by atoms with van der Waals surface area (Å²) in [6.07, 6.45) is 11.7. The molecule has 0 radical (unpaired) electrons. The smallest absolute Gasteiger partial charge is 0.324 e. The molecule has 6 rings (SSSR count). The lowest BCUT2D eigenvalue weighted by atomic mass is 9.96. The Labute approximate surface area is 237 Å². The van der Waals surface area contributed by atoms with Crippen LogP contribution in [0.2, 0.25) is 0 Å². The summed E-state index contributed by atoms with van der Waals surface area (Å²) in [4.78, 5) is 33.5. The van der Waals surface area contributed by atoms with Crippen LogP contribution in [0.4, 0.5) is 14.5 Å². The molecule has 5 heterocycles. The number of ether oxygens (including phenoxy) is 1. The van der Waals surface area contributed by atoms with E-state index in [1.54, 1.807) is 28.7 Å². The molecule has 1 saturated carbocycles. The zero-order valence-corrected chi connectivity index (χ0v) is 22.9. The number of rotatable bonds is 8. The average molecular weight is 583 g/mol. The largest absolute Gasteiger partial charge is 0.441 e. The Morgan fingerprint density at radius 1 is 1.07 bits per heavy atom. The summed E-state index contributed by atoms with van der Waals surface area (Å²) in [7, 11) is 0. The standard InChI is InChI=1S/C27H28F2N8O3S/c28-18-8-9-22(29)34-23(18)24-20(13-37(35-24)17-5-2-1-3-6-17)32-25(38)21-14-41-26(33-21)16-11-31-36(12-16)15-40-27(39)19-7-4-10-30-19/h8-9,11-14,17,19,30H,1-7,10,15H2,(H,32,38)/t19-/m0/s1. The molecule has 1 aliphatic heterocycles. The van der Waals surface area contributed by atoms with E-state index in [2.05, 4.69) is 30.8 Å². The van der Waals surface area contributed by atoms with Crippen molar-refractivity contribution >= 4 is 28.9 Å². The minimum absolute atomic E-state index is 0.0336. The number of amides is 1. The van der Waals surface area contributed by atoms with E-state index in [4.69, 9.17) is 4.74 Å². The second kappa shape index (κ2) is 11.8. The maximum atomic E-state index is 14.7. The van der Waals surface area contributed by atoms with Crippen LogP contribution in [-0.2, 0) is 16.3 Å². The van der Waals surface area contributed by atoms with Crippen LogP contribution in [0, 0.1) is 11.8 Å². The third-order valence-electron chi connectivity index (χ3n) is 7.27. The van der Waals surface area contributed by atoms with Gasteiger partial charge in [0.15, 0.2) is 12.5 Å². The van der Waals surface area contributed by atoms with Gasteiger partial charge in [0.05, 0.1) is 17.9 Å². The molecule has 11 nitrogen and oxygen atoms in total. The fourth-order valence-corrected chi connectivity index (χ4v) is 5.91. The van der Waals surface area contributed by atoms with Crippen LogP contribution in [0.3, 0.4) is 0 Å². The monoisotopic (exact) mass is 582 g/mol. The summed E-state index contributed by atoms with van der Waals surface area (Å²) >= 11 is 1.25. The van der Waals surface area contributed by atoms with Gasteiger partial charge in [0.25, 0.3) is 5.91 Å². The van der Waals surface area contributed by atoms with Gasteiger partial charge in [0, 0.05) is 23.3 Å². The third-order valence-corrected chi connectivity index (χ3v) is 8.16. The number of halogens is 2. The number of anilines is 1. The summed E-state index contributed by atoms with van der Waals surface area (Å²) in [5, 5.41) is 16.8. The number of esters is 1. The first-order chi connectivity index (χ1) is 19.9. The Morgan fingerprint density at radius 3 is 2.73 bits per heavy atom. The zero-order chi connectivity index (χ0) is 28.3. The van der Waals surface area contributed by atoms with Crippen LogP contribution in [0.5, 0.6) is 0 Å². The maximum absolute atomic E-state index is 14.7. The van der Waals surface area contributed by atoms with Gasteiger partial charge in [-0.05, 0) is 44.4 Å². The topological polar surface area (TPSA) is 129 Å². The van der Waals surface area contributed by atoms with Gasteiger partial charge in [0.2, 0.25) is 5.95 Å². The normalized spacial score (nSPS) is 17.6. The molecule has 214 valence electrons. The van der Waals surface area contributed by atoms with Gasteiger partial charge >= 0.3 is 5.97 Å². The van der Waals surface area contributed by atoms with Gasteiger partial charge in [-0.25, -0.2) is 19.0 Å². The quantitative estimate of drug-likeness (QED) is 0.229. The summed E-state index contributed by atoms with van der Waals surface area (Å²) < 4.78 is 37.1. The molecule has 41 heavy (non-hydrogen) atoms. The van der Waals surface area contributed by atoms with Crippen molar-refractivity contribution < 1.29 is 23.1 Å². The van der Waals surface area contributed by atoms with Gasteiger partial charge in [-0.1, -0.05) is 19.3 Å². The predicted molar refractivity (Wildman–Crippen MR) is 146 cm³/mol.